The molecule has 132 valence electrons. The van der Waals surface area contributed by atoms with Crippen molar-refractivity contribution in [2.45, 2.75) is 25.8 Å². The van der Waals surface area contributed by atoms with Crippen LogP contribution in [0.4, 0.5) is 17.1 Å². The number of aliphatic hydroxyl groups excluding tert-OH is 1. The molecule has 0 aliphatic carbocycles. The van der Waals surface area contributed by atoms with E-state index in [9.17, 15) is 14.9 Å². The van der Waals surface area contributed by atoms with Gasteiger partial charge in [0, 0.05) is 30.0 Å². The molecule has 2 rings (SSSR count). The van der Waals surface area contributed by atoms with Crippen LogP contribution in [0.5, 0.6) is 0 Å². The van der Waals surface area contributed by atoms with E-state index >= 15 is 0 Å². The maximum absolute atomic E-state index is 12.3. The second-order valence-electron chi connectivity index (χ2n) is 5.57. The maximum atomic E-state index is 12.3. The Morgan fingerprint density at radius 3 is 2.56 bits per heavy atom. The van der Waals surface area contributed by atoms with Gasteiger partial charge >= 0.3 is 0 Å². The molecule has 0 spiro atoms. The van der Waals surface area contributed by atoms with Crippen LogP contribution in [-0.2, 0) is 0 Å². The number of amides is 1. The average Bonchev–Trinajstić information content (AvgIpc) is 2.62. The van der Waals surface area contributed by atoms with Gasteiger partial charge in [-0.1, -0.05) is 25.1 Å². The fraction of sp³-hybridized carbons (Fsp3) is 0.278. The molecule has 3 N–H and O–H groups in total. The summed E-state index contributed by atoms with van der Waals surface area (Å²) >= 11 is 0. The van der Waals surface area contributed by atoms with Crippen molar-refractivity contribution in [3.8, 4) is 0 Å². The molecule has 0 aliphatic rings. The average molecular weight is 343 g/mol. The van der Waals surface area contributed by atoms with Crippen LogP contribution in [0.1, 0.15) is 30.1 Å². The molecule has 1 amide bonds. The zero-order chi connectivity index (χ0) is 18.2. The highest BCUT2D eigenvalue weighted by Crippen LogP contribution is 2.28. The third kappa shape index (κ3) is 5.02. The molecule has 0 bridgehead atoms. The molecule has 0 saturated carbocycles. The number of nitro groups is 1. The highest BCUT2D eigenvalue weighted by molar-refractivity contribution is 5.96. The van der Waals surface area contributed by atoms with Crippen molar-refractivity contribution in [2.24, 2.45) is 0 Å². The van der Waals surface area contributed by atoms with Crippen LogP contribution in [0.3, 0.4) is 0 Å². The van der Waals surface area contributed by atoms with Crippen LogP contribution in [-0.4, -0.2) is 28.6 Å². The van der Waals surface area contributed by atoms with Crippen molar-refractivity contribution in [3.63, 3.8) is 0 Å². The van der Waals surface area contributed by atoms with Crippen molar-refractivity contribution in [1.29, 1.82) is 0 Å². The van der Waals surface area contributed by atoms with Gasteiger partial charge in [0.2, 0.25) is 0 Å². The van der Waals surface area contributed by atoms with Crippen LogP contribution in [0, 0.1) is 10.1 Å². The summed E-state index contributed by atoms with van der Waals surface area (Å²) in [5.41, 5.74) is 1.07. The number of para-hydroxylation sites is 1. The number of rotatable bonds is 8. The summed E-state index contributed by atoms with van der Waals surface area (Å²) in [5, 5.41) is 26.1. The van der Waals surface area contributed by atoms with Gasteiger partial charge < -0.3 is 15.7 Å². The van der Waals surface area contributed by atoms with Crippen molar-refractivity contribution >= 4 is 23.0 Å². The van der Waals surface area contributed by atoms with Crippen molar-refractivity contribution in [1.82, 2.24) is 5.32 Å². The van der Waals surface area contributed by atoms with Crippen LogP contribution >= 0.6 is 0 Å². The summed E-state index contributed by atoms with van der Waals surface area (Å²) in [5.74, 6) is -0.394. The lowest BCUT2D eigenvalue weighted by atomic mass is 10.1. The van der Waals surface area contributed by atoms with Gasteiger partial charge in [-0.3, -0.25) is 14.9 Å². The number of hydrogen-bond acceptors (Lipinski definition) is 5. The number of nitro benzene ring substituents is 1. The predicted molar refractivity (Wildman–Crippen MR) is 96.1 cm³/mol. The van der Waals surface area contributed by atoms with Gasteiger partial charge in [0.05, 0.1) is 4.92 Å². The fourth-order valence-electron chi connectivity index (χ4n) is 2.41. The summed E-state index contributed by atoms with van der Waals surface area (Å²) < 4.78 is 0. The first kappa shape index (κ1) is 18.4. The van der Waals surface area contributed by atoms with Gasteiger partial charge in [-0.25, -0.2) is 0 Å². The standard InChI is InChI=1S/C18H21N3O4/c1-2-14(10-11-22)20-18(23)13-8-9-16(17(12-13)21(24)25)19-15-6-4-3-5-7-15/h3-9,12,14,19,22H,2,10-11H2,1H3,(H,20,23). The van der Waals surface area contributed by atoms with Crippen molar-refractivity contribution in [2.75, 3.05) is 11.9 Å². The lowest BCUT2D eigenvalue weighted by Gasteiger charge is -2.16. The van der Waals surface area contributed by atoms with E-state index in [0.717, 1.165) is 5.69 Å². The SMILES string of the molecule is CCC(CCO)NC(=O)c1ccc(Nc2ccccc2)c([N+](=O)[O-])c1. The van der Waals surface area contributed by atoms with Crippen molar-refractivity contribution in [3.05, 3.63) is 64.2 Å². The Morgan fingerprint density at radius 2 is 1.96 bits per heavy atom. The number of hydrogen-bond donors (Lipinski definition) is 3. The van der Waals surface area contributed by atoms with Crippen LogP contribution in [0.25, 0.3) is 0 Å². The quantitative estimate of drug-likeness (QED) is 0.504. The molecule has 0 heterocycles. The normalized spacial score (nSPS) is 11.6. The molecule has 7 nitrogen and oxygen atoms in total. The lowest BCUT2D eigenvalue weighted by molar-refractivity contribution is -0.383. The fourth-order valence-corrected chi connectivity index (χ4v) is 2.41. The second-order valence-corrected chi connectivity index (χ2v) is 5.57. The number of carbonyl (C=O) groups is 1. The summed E-state index contributed by atoms with van der Waals surface area (Å²) in [6.45, 7) is 1.87. The predicted octanol–water partition coefficient (Wildman–Crippen LogP) is 3.23. The number of carbonyl (C=O) groups excluding carboxylic acids is 1. The molecule has 7 heteroatoms. The minimum Gasteiger partial charge on any atom is -0.396 e. The number of nitrogens with zero attached hydrogens (tertiary/aromatic N) is 1. The molecule has 2 aromatic rings. The summed E-state index contributed by atoms with van der Waals surface area (Å²) in [6, 6.07) is 13.2. The van der Waals surface area contributed by atoms with Crippen LogP contribution < -0.4 is 10.6 Å². The van der Waals surface area contributed by atoms with Crippen LogP contribution in [0.15, 0.2) is 48.5 Å². The van der Waals surface area contributed by atoms with E-state index in [0.29, 0.717) is 18.5 Å². The minimum absolute atomic E-state index is 0.0289. The Labute approximate surface area is 145 Å². The van der Waals surface area contributed by atoms with Gasteiger partial charge in [0.1, 0.15) is 5.69 Å². The monoisotopic (exact) mass is 343 g/mol. The topological polar surface area (TPSA) is 104 Å². The van der Waals surface area contributed by atoms with Gasteiger partial charge in [0.15, 0.2) is 0 Å². The first-order valence-electron chi connectivity index (χ1n) is 8.07. The molecule has 0 aliphatic heterocycles. The first-order chi connectivity index (χ1) is 12.0. The summed E-state index contributed by atoms with van der Waals surface area (Å²) in [7, 11) is 0. The Balaban J connectivity index is 2.23. The molecular weight excluding hydrogens is 322 g/mol. The third-order valence-corrected chi connectivity index (χ3v) is 3.81. The maximum Gasteiger partial charge on any atom is 0.293 e. The van der Waals surface area contributed by atoms with Gasteiger partial charge in [0.25, 0.3) is 11.6 Å². The van der Waals surface area contributed by atoms with E-state index in [1.807, 2.05) is 25.1 Å². The molecule has 1 atom stereocenters. The number of aliphatic hydroxyl groups is 1. The van der Waals surface area contributed by atoms with Gasteiger partial charge in [-0.2, -0.15) is 0 Å². The number of anilines is 2. The molecule has 0 radical (unpaired) electrons. The van der Waals surface area contributed by atoms with E-state index in [1.165, 1.54) is 12.1 Å². The molecule has 0 fully saturated rings. The van der Waals surface area contributed by atoms with E-state index in [-0.39, 0.29) is 23.9 Å². The number of benzene rings is 2. The third-order valence-electron chi connectivity index (χ3n) is 3.81. The lowest BCUT2D eigenvalue weighted by Crippen LogP contribution is -2.35. The molecule has 1 unspecified atom stereocenters. The van der Waals surface area contributed by atoms with Crippen LogP contribution in [0.2, 0.25) is 0 Å². The molecular formula is C18H21N3O4. The van der Waals surface area contributed by atoms with Gasteiger partial charge in [-0.15, -0.1) is 0 Å². The number of nitrogens with one attached hydrogen (secondary N) is 2. The van der Waals surface area contributed by atoms with Gasteiger partial charge in [-0.05, 0) is 37.1 Å². The highest BCUT2D eigenvalue weighted by Gasteiger charge is 2.19. The molecule has 0 aromatic heterocycles. The van der Waals surface area contributed by atoms with E-state index in [2.05, 4.69) is 10.6 Å². The summed E-state index contributed by atoms with van der Waals surface area (Å²) in [4.78, 5) is 23.1. The zero-order valence-corrected chi connectivity index (χ0v) is 13.9. The Kier molecular flexibility index (Phi) is 6.47. The second kappa shape index (κ2) is 8.79. The Bertz CT molecular complexity index is 734. The highest BCUT2D eigenvalue weighted by atomic mass is 16.6. The van der Waals surface area contributed by atoms with Crippen molar-refractivity contribution < 1.29 is 14.8 Å². The molecule has 25 heavy (non-hydrogen) atoms. The summed E-state index contributed by atoms with van der Waals surface area (Å²) in [6.07, 6.45) is 1.11. The molecule has 2 aromatic carbocycles. The zero-order valence-electron chi connectivity index (χ0n) is 13.9. The largest absolute Gasteiger partial charge is 0.396 e. The van der Waals surface area contributed by atoms with E-state index in [4.69, 9.17) is 5.11 Å². The van der Waals surface area contributed by atoms with E-state index in [1.54, 1.807) is 18.2 Å². The van der Waals surface area contributed by atoms with E-state index < -0.39 is 10.8 Å². The molecule has 0 saturated heterocycles. The minimum atomic E-state index is -0.521. The first-order valence-corrected chi connectivity index (χ1v) is 8.07. The Morgan fingerprint density at radius 1 is 1.24 bits per heavy atom. The Hall–Kier alpha value is -2.93. The smallest absolute Gasteiger partial charge is 0.293 e.